The summed E-state index contributed by atoms with van der Waals surface area (Å²) < 4.78 is 0. The molecule has 1 aliphatic rings. The number of rotatable bonds is 2. The van der Waals surface area contributed by atoms with Crippen LogP contribution in [-0.2, 0) is 6.42 Å². The molecular formula is C12H17NOS. The molecule has 1 heterocycles. The molecule has 1 aromatic rings. The van der Waals surface area contributed by atoms with Crippen LogP contribution >= 0.6 is 11.8 Å². The van der Waals surface area contributed by atoms with Gasteiger partial charge in [-0.15, -0.1) is 0 Å². The summed E-state index contributed by atoms with van der Waals surface area (Å²) in [6.07, 6.45) is 3.66. The lowest BCUT2D eigenvalue weighted by Crippen LogP contribution is -2.13. The highest BCUT2D eigenvalue weighted by atomic mass is 32.2. The van der Waals surface area contributed by atoms with Gasteiger partial charge in [-0.05, 0) is 48.3 Å². The topological polar surface area (TPSA) is 46.2 Å². The van der Waals surface area contributed by atoms with E-state index < -0.39 is 0 Å². The van der Waals surface area contributed by atoms with E-state index in [9.17, 15) is 5.11 Å². The van der Waals surface area contributed by atoms with Crippen molar-refractivity contribution < 1.29 is 5.11 Å². The number of nitrogen functional groups attached to an aromatic ring is 1. The predicted molar refractivity (Wildman–Crippen MR) is 66.3 cm³/mol. The van der Waals surface area contributed by atoms with Gasteiger partial charge in [0.05, 0.1) is 0 Å². The normalized spacial score (nSPS) is 17.9. The second kappa shape index (κ2) is 4.79. The molecule has 0 unspecified atom stereocenters. The molecule has 1 aliphatic heterocycles. The Balaban J connectivity index is 2.03. The van der Waals surface area contributed by atoms with Crippen LogP contribution in [0.25, 0.3) is 0 Å². The first kappa shape index (κ1) is 10.7. The molecule has 1 aromatic carbocycles. The van der Waals surface area contributed by atoms with Crippen molar-refractivity contribution in [1.29, 1.82) is 0 Å². The van der Waals surface area contributed by atoms with E-state index in [1.54, 1.807) is 12.1 Å². The van der Waals surface area contributed by atoms with Gasteiger partial charge in [-0.1, -0.05) is 6.07 Å². The van der Waals surface area contributed by atoms with Gasteiger partial charge in [0.15, 0.2) is 0 Å². The third-order valence-electron chi connectivity index (χ3n) is 2.98. The molecule has 0 amide bonds. The fourth-order valence-corrected chi connectivity index (χ4v) is 3.23. The first-order valence-corrected chi connectivity index (χ1v) is 6.56. The SMILES string of the molecule is Nc1cc(O)ccc1CC1CCSCC1. The lowest BCUT2D eigenvalue weighted by molar-refractivity contribution is 0.472. The Morgan fingerprint density at radius 1 is 1.33 bits per heavy atom. The summed E-state index contributed by atoms with van der Waals surface area (Å²) in [5.41, 5.74) is 7.79. The largest absolute Gasteiger partial charge is 0.508 e. The zero-order valence-corrected chi connectivity index (χ0v) is 9.59. The van der Waals surface area contributed by atoms with Crippen LogP contribution in [0.5, 0.6) is 5.75 Å². The first-order chi connectivity index (χ1) is 7.25. The van der Waals surface area contributed by atoms with E-state index in [-0.39, 0.29) is 5.75 Å². The van der Waals surface area contributed by atoms with Crippen molar-refractivity contribution in [3.8, 4) is 5.75 Å². The number of hydrogen-bond acceptors (Lipinski definition) is 3. The molecule has 2 rings (SSSR count). The van der Waals surface area contributed by atoms with Gasteiger partial charge in [0.1, 0.15) is 5.75 Å². The molecule has 3 N–H and O–H groups in total. The Morgan fingerprint density at radius 2 is 2.07 bits per heavy atom. The molecule has 0 aliphatic carbocycles. The molecule has 0 atom stereocenters. The predicted octanol–water partition coefficient (Wildman–Crippen LogP) is 2.66. The van der Waals surface area contributed by atoms with Crippen LogP contribution in [0.1, 0.15) is 18.4 Å². The number of hydrogen-bond donors (Lipinski definition) is 2. The highest BCUT2D eigenvalue weighted by Gasteiger charge is 2.15. The molecular weight excluding hydrogens is 206 g/mol. The first-order valence-electron chi connectivity index (χ1n) is 5.41. The smallest absolute Gasteiger partial charge is 0.117 e. The minimum atomic E-state index is 0.260. The molecule has 1 saturated heterocycles. The number of aromatic hydroxyl groups is 1. The molecule has 0 bridgehead atoms. The fourth-order valence-electron chi connectivity index (χ4n) is 2.03. The van der Waals surface area contributed by atoms with Crippen molar-refractivity contribution >= 4 is 17.4 Å². The van der Waals surface area contributed by atoms with Gasteiger partial charge in [0.2, 0.25) is 0 Å². The Hall–Kier alpha value is -0.830. The number of benzene rings is 1. The minimum absolute atomic E-state index is 0.260. The van der Waals surface area contributed by atoms with E-state index in [2.05, 4.69) is 0 Å². The summed E-state index contributed by atoms with van der Waals surface area (Å²) in [4.78, 5) is 0. The molecule has 0 saturated carbocycles. The monoisotopic (exact) mass is 223 g/mol. The van der Waals surface area contributed by atoms with Gasteiger partial charge in [-0.25, -0.2) is 0 Å². The van der Waals surface area contributed by atoms with Crippen LogP contribution in [0.3, 0.4) is 0 Å². The Morgan fingerprint density at radius 3 is 2.73 bits per heavy atom. The van der Waals surface area contributed by atoms with E-state index in [0.717, 1.165) is 18.0 Å². The standard InChI is InChI=1S/C12H17NOS/c13-12-8-11(14)2-1-10(12)7-9-3-5-15-6-4-9/h1-2,8-9,14H,3-7,13H2. The summed E-state index contributed by atoms with van der Waals surface area (Å²) >= 11 is 2.04. The molecule has 2 nitrogen and oxygen atoms in total. The summed E-state index contributed by atoms with van der Waals surface area (Å²) in [6.45, 7) is 0. The highest BCUT2D eigenvalue weighted by Crippen LogP contribution is 2.28. The maximum atomic E-state index is 9.26. The van der Waals surface area contributed by atoms with Crippen LogP contribution in [0, 0.1) is 5.92 Å². The van der Waals surface area contributed by atoms with Gasteiger partial charge in [-0.2, -0.15) is 11.8 Å². The minimum Gasteiger partial charge on any atom is -0.508 e. The number of phenols is 1. The van der Waals surface area contributed by atoms with Gasteiger partial charge in [0.25, 0.3) is 0 Å². The lowest BCUT2D eigenvalue weighted by atomic mass is 9.93. The van der Waals surface area contributed by atoms with E-state index in [4.69, 9.17) is 5.73 Å². The molecule has 82 valence electrons. The van der Waals surface area contributed by atoms with Crippen LogP contribution < -0.4 is 5.73 Å². The van der Waals surface area contributed by atoms with Crippen LogP contribution in [0.15, 0.2) is 18.2 Å². The maximum Gasteiger partial charge on any atom is 0.117 e. The number of nitrogens with two attached hydrogens (primary N) is 1. The molecule has 3 heteroatoms. The number of anilines is 1. The van der Waals surface area contributed by atoms with Gasteiger partial charge in [0, 0.05) is 11.8 Å². The van der Waals surface area contributed by atoms with E-state index in [1.165, 1.54) is 29.9 Å². The highest BCUT2D eigenvalue weighted by molar-refractivity contribution is 7.99. The van der Waals surface area contributed by atoms with Crippen molar-refractivity contribution in [3.05, 3.63) is 23.8 Å². The van der Waals surface area contributed by atoms with Crippen LogP contribution in [0.2, 0.25) is 0 Å². The third-order valence-corrected chi connectivity index (χ3v) is 4.03. The molecule has 1 fully saturated rings. The quantitative estimate of drug-likeness (QED) is 0.758. The van der Waals surface area contributed by atoms with E-state index >= 15 is 0 Å². The molecule has 15 heavy (non-hydrogen) atoms. The zero-order valence-electron chi connectivity index (χ0n) is 8.78. The van der Waals surface area contributed by atoms with Crippen molar-refractivity contribution in [2.24, 2.45) is 5.92 Å². The van der Waals surface area contributed by atoms with Crippen molar-refractivity contribution in [2.45, 2.75) is 19.3 Å². The lowest BCUT2D eigenvalue weighted by Gasteiger charge is -2.21. The third kappa shape index (κ3) is 2.81. The van der Waals surface area contributed by atoms with Gasteiger partial charge in [-0.3, -0.25) is 0 Å². The molecule has 0 spiro atoms. The summed E-state index contributed by atoms with van der Waals surface area (Å²) in [7, 11) is 0. The number of phenolic OH excluding ortho intramolecular Hbond substituents is 1. The van der Waals surface area contributed by atoms with Crippen LogP contribution in [-0.4, -0.2) is 16.6 Å². The van der Waals surface area contributed by atoms with E-state index in [0.29, 0.717) is 0 Å². The molecule has 0 aromatic heterocycles. The average molecular weight is 223 g/mol. The van der Waals surface area contributed by atoms with Crippen molar-refractivity contribution in [2.75, 3.05) is 17.2 Å². The average Bonchev–Trinajstić information content (AvgIpc) is 2.24. The Bertz CT molecular complexity index is 334. The Kier molecular flexibility index (Phi) is 3.41. The summed E-state index contributed by atoms with van der Waals surface area (Å²) in [6, 6.07) is 5.32. The van der Waals surface area contributed by atoms with Gasteiger partial charge >= 0.3 is 0 Å². The van der Waals surface area contributed by atoms with Gasteiger partial charge < -0.3 is 10.8 Å². The zero-order chi connectivity index (χ0) is 10.7. The summed E-state index contributed by atoms with van der Waals surface area (Å²) in [5, 5.41) is 9.26. The van der Waals surface area contributed by atoms with Crippen molar-refractivity contribution in [1.82, 2.24) is 0 Å². The second-order valence-electron chi connectivity index (χ2n) is 4.14. The van der Waals surface area contributed by atoms with Crippen molar-refractivity contribution in [3.63, 3.8) is 0 Å². The van der Waals surface area contributed by atoms with E-state index in [1.807, 2.05) is 17.8 Å². The molecule has 0 radical (unpaired) electrons. The maximum absolute atomic E-state index is 9.26. The Labute approximate surface area is 94.9 Å². The number of thioether (sulfide) groups is 1. The fraction of sp³-hybridized carbons (Fsp3) is 0.500. The second-order valence-corrected chi connectivity index (χ2v) is 5.37. The summed E-state index contributed by atoms with van der Waals surface area (Å²) in [5.74, 6) is 3.60. The van der Waals surface area contributed by atoms with Crippen LogP contribution in [0.4, 0.5) is 5.69 Å².